The van der Waals surface area contributed by atoms with E-state index in [0.717, 1.165) is 30.9 Å². The minimum Gasteiger partial charge on any atom is -0.310 e. The summed E-state index contributed by atoms with van der Waals surface area (Å²) in [4.78, 5) is 22.4. The molecule has 0 aliphatic rings. The van der Waals surface area contributed by atoms with Crippen LogP contribution in [0.15, 0.2) is 41.2 Å². The van der Waals surface area contributed by atoms with Crippen molar-refractivity contribution in [3.63, 3.8) is 0 Å². The zero-order valence-corrected chi connectivity index (χ0v) is 12.4. The molecule has 3 aromatic rings. The number of aryl methyl sites for hydroxylation is 2. The molecule has 0 fully saturated rings. The maximum absolute atomic E-state index is 13.1. The molecular weight excluding hydrogens is 300 g/mol. The number of aromatic nitrogens is 3. The normalized spacial score (nSPS) is 11.0. The molecule has 0 saturated heterocycles. The van der Waals surface area contributed by atoms with E-state index in [0.29, 0.717) is 12.2 Å². The van der Waals surface area contributed by atoms with E-state index in [9.17, 15) is 13.6 Å². The van der Waals surface area contributed by atoms with Gasteiger partial charge in [0.2, 0.25) is 5.95 Å². The lowest BCUT2D eigenvalue weighted by Crippen LogP contribution is -2.13. The summed E-state index contributed by atoms with van der Waals surface area (Å²) in [6, 6.07) is 8.93. The SMILES string of the molecule is O=c1[nH]c(CCCCc2ccc(F)cc2)nc2nc(F)ccc12. The Morgan fingerprint density at radius 2 is 1.65 bits per heavy atom. The highest BCUT2D eigenvalue weighted by molar-refractivity contribution is 5.72. The Morgan fingerprint density at radius 3 is 2.43 bits per heavy atom. The summed E-state index contributed by atoms with van der Waals surface area (Å²) in [6.07, 6.45) is 3.08. The predicted molar refractivity (Wildman–Crippen MR) is 83.2 cm³/mol. The summed E-state index contributed by atoms with van der Waals surface area (Å²) in [5.74, 6) is -0.399. The molecule has 0 bridgehead atoms. The van der Waals surface area contributed by atoms with Gasteiger partial charge >= 0.3 is 0 Å². The summed E-state index contributed by atoms with van der Waals surface area (Å²) in [5.41, 5.74) is 0.883. The molecule has 0 aliphatic heterocycles. The van der Waals surface area contributed by atoms with E-state index >= 15 is 0 Å². The summed E-state index contributed by atoms with van der Waals surface area (Å²) in [7, 11) is 0. The number of nitrogens with one attached hydrogen (secondary N) is 1. The molecule has 0 spiro atoms. The molecule has 1 N–H and O–H groups in total. The summed E-state index contributed by atoms with van der Waals surface area (Å²) in [5, 5.41) is 0.279. The number of rotatable bonds is 5. The average molecular weight is 315 g/mol. The Morgan fingerprint density at radius 1 is 0.913 bits per heavy atom. The van der Waals surface area contributed by atoms with Gasteiger partial charge in [0, 0.05) is 6.42 Å². The molecule has 0 aliphatic carbocycles. The molecule has 0 saturated carbocycles. The molecule has 0 unspecified atom stereocenters. The van der Waals surface area contributed by atoms with Gasteiger partial charge in [-0.05, 0) is 49.1 Å². The zero-order chi connectivity index (χ0) is 16.2. The first-order valence-corrected chi connectivity index (χ1v) is 7.42. The van der Waals surface area contributed by atoms with Gasteiger partial charge in [0.15, 0.2) is 5.65 Å². The lowest BCUT2D eigenvalue weighted by Gasteiger charge is -2.03. The van der Waals surface area contributed by atoms with Crippen LogP contribution in [0.25, 0.3) is 11.0 Å². The Hall–Kier alpha value is -2.63. The van der Waals surface area contributed by atoms with Gasteiger partial charge in [-0.15, -0.1) is 0 Å². The van der Waals surface area contributed by atoms with E-state index in [-0.39, 0.29) is 22.4 Å². The number of nitrogens with zero attached hydrogens (tertiary/aromatic N) is 2. The van der Waals surface area contributed by atoms with Crippen molar-refractivity contribution in [3.05, 3.63) is 69.9 Å². The van der Waals surface area contributed by atoms with E-state index < -0.39 is 5.95 Å². The van der Waals surface area contributed by atoms with Crippen LogP contribution in [0.2, 0.25) is 0 Å². The van der Waals surface area contributed by atoms with E-state index in [4.69, 9.17) is 0 Å². The number of halogens is 2. The highest BCUT2D eigenvalue weighted by Gasteiger charge is 2.06. The zero-order valence-electron chi connectivity index (χ0n) is 12.4. The van der Waals surface area contributed by atoms with Gasteiger partial charge in [0.05, 0.1) is 5.39 Å². The largest absolute Gasteiger partial charge is 0.310 e. The summed E-state index contributed by atoms with van der Waals surface area (Å²) < 4.78 is 25.9. The maximum Gasteiger partial charge on any atom is 0.260 e. The number of benzene rings is 1. The van der Waals surface area contributed by atoms with Crippen LogP contribution < -0.4 is 5.56 Å². The molecular formula is C17H15F2N3O. The van der Waals surface area contributed by atoms with Crippen LogP contribution in [-0.4, -0.2) is 15.0 Å². The van der Waals surface area contributed by atoms with Crippen molar-refractivity contribution in [2.24, 2.45) is 0 Å². The van der Waals surface area contributed by atoms with Crippen molar-refractivity contribution in [3.8, 4) is 0 Å². The Labute approximate surface area is 131 Å². The molecule has 0 radical (unpaired) electrons. The second-order valence-electron chi connectivity index (χ2n) is 5.35. The number of unbranched alkanes of at least 4 members (excludes halogenated alkanes) is 1. The van der Waals surface area contributed by atoms with E-state index in [1.165, 1.54) is 18.2 Å². The minimum absolute atomic E-state index is 0.127. The Bertz CT molecular complexity index is 875. The lowest BCUT2D eigenvalue weighted by atomic mass is 10.1. The molecule has 2 aromatic heterocycles. The van der Waals surface area contributed by atoms with Crippen LogP contribution in [0.4, 0.5) is 8.78 Å². The van der Waals surface area contributed by atoms with Gasteiger partial charge < -0.3 is 4.98 Å². The second-order valence-corrected chi connectivity index (χ2v) is 5.35. The fourth-order valence-corrected chi connectivity index (χ4v) is 2.43. The first kappa shape index (κ1) is 15.3. The van der Waals surface area contributed by atoms with Crippen LogP contribution in [-0.2, 0) is 12.8 Å². The third-order valence-electron chi connectivity index (χ3n) is 3.63. The molecule has 1 aromatic carbocycles. The number of aromatic amines is 1. The molecule has 0 amide bonds. The van der Waals surface area contributed by atoms with Crippen LogP contribution >= 0.6 is 0 Å². The van der Waals surface area contributed by atoms with Crippen LogP contribution in [0.3, 0.4) is 0 Å². The van der Waals surface area contributed by atoms with E-state index in [1.54, 1.807) is 12.1 Å². The van der Waals surface area contributed by atoms with Crippen molar-refractivity contribution in [1.82, 2.24) is 15.0 Å². The smallest absolute Gasteiger partial charge is 0.260 e. The highest BCUT2D eigenvalue weighted by Crippen LogP contribution is 2.10. The van der Waals surface area contributed by atoms with Crippen LogP contribution in [0.5, 0.6) is 0 Å². The van der Waals surface area contributed by atoms with Gasteiger partial charge in [-0.3, -0.25) is 4.79 Å². The van der Waals surface area contributed by atoms with Gasteiger partial charge in [0.1, 0.15) is 11.6 Å². The van der Waals surface area contributed by atoms with Gasteiger partial charge in [-0.25, -0.2) is 9.37 Å². The van der Waals surface area contributed by atoms with Gasteiger partial charge in [0.25, 0.3) is 5.56 Å². The lowest BCUT2D eigenvalue weighted by molar-refractivity contribution is 0.587. The fourth-order valence-electron chi connectivity index (χ4n) is 2.43. The molecule has 6 heteroatoms. The molecule has 3 rings (SSSR count). The maximum atomic E-state index is 13.1. The molecule has 4 nitrogen and oxygen atoms in total. The molecule has 118 valence electrons. The number of H-pyrrole nitrogens is 1. The number of hydrogen-bond donors (Lipinski definition) is 1. The first-order chi connectivity index (χ1) is 11.1. The van der Waals surface area contributed by atoms with Crippen molar-refractivity contribution in [2.75, 3.05) is 0 Å². The van der Waals surface area contributed by atoms with Crippen molar-refractivity contribution >= 4 is 11.0 Å². The average Bonchev–Trinajstić information content (AvgIpc) is 2.53. The standard InChI is InChI=1S/C17H15F2N3O/c18-12-7-5-11(6-8-12)3-1-2-4-15-21-16-13(17(23)22-15)9-10-14(19)20-16/h5-10H,1-4H2,(H,20,21,22,23). The summed E-state index contributed by atoms with van der Waals surface area (Å²) in [6.45, 7) is 0. The molecule has 23 heavy (non-hydrogen) atoms. The number of hydrogen-bond acceptors (Lipinski definition) is 3. The Kier molecular flexibility index (Phi) is 4.41. The van der Waals surface area contributed by atoms with E-state index in [1.807, 2.05) is 0 Å². The second kappa shape index (κ2) is 6.64. The van der Waals surface area contributed by atoms with Crippen LogP contribution in [0.1, 0.15) is 24.2 Å². The quantitative estimate of drug-likeness (QED) is 0.581. The molecule has 2 heterocycles. The molecule has 0 atom stereocenters. The van der Waals surface area contributed by atoms with Crippen LogP contribution in [0, 0.1) is 11.8 Å². The van der Waals surface area contributed by atoms with Gasteiger partial charge in [-0.1, -0.05) is 12.1 Å². The number of pyridine rings is 1. The van der Waals surface area contributed by atoms with E-state index in [2.05, 4.69) is 15.0 Å². The van der Waals surface area contributed by atoms with Crippen molar-refractivity contribution in [1.29, 1.82) is 0 Å². The fraction of sp³-hybridized carbons (Fsp3) is 0.235. The first-order valence-electron chi connectivity index (χ1n) is 7.42. The minimum atomic E-state index is -0.655. The Balaban J connectivity index is 1.63. The monoisotopic (exact) mass is 315 g/mol. The number of fused-ring (bicyclic) bond motifs is 1. The summed E-state index contributed by atoms with van der Waals surface area (Å²) >= 11 is 0. The predicted octanol–water partition coefficient (Wildman–Crippen LogP) is 3.16. The third-order valence-corrected chi connectivity index (χ3v) is 3.63. The van der Waals surface area contributed by atoms with Crippen molar-refractivity contribution < 1.29 is 8.78 Å². The van der Waals surface area contributed by atoms with Gasteiger partial charge in [-0.2, -0.15) is 9.37 Å². The highest BCUT2D eigenvalue weighted by atomic mass is 19.1. The topological polar surface area (TPSA) is 58.6 Å². The third kappa shape index (κ3) is 3.77. The van der Waals surface area contributed by atoms with Crippen molar-refractivity contribution in [2.45, 2.75) is 25.7 Å².